The molecule has 1 aliphatic heterocycles. The molecule has 0 amide bonds. The third kappa shape index (κ3) is 2.56. The van der Waals surface area contributed by atoms with Crippen LogP contribution >= 0.6 is 11.6 Å². The molecule has 8 heteroatoms. The molecule has 0 spiro atoms. The zero-order valence-electron chi connectivity index (χ0n) is 17.0. The molecule has 1 aliphatic carbocycles. The fourth-order valence-corrected chi connectivity index (χ4v) is 5.39. The number of ether oxygens (including phenoxy) is 2. The van der Waals surface area contributed by atoms with Crippen LogP contribution in [0.25, 0.3) is 0 Å². The average Bonchev–Trinajstić information content (AvgIpc) is 3.17. The van der Waals surface area contributed by atoms with E-state index in [9.17, 15) is 20.1 Å². The number of hydrogen-bond acceptors (Lipinski definition) is 6. The van der Waals surface area contributed by atoms with Gasteiger partial charge in [0.1, 0.15) is 23.3 Å². The zero-order chi connectivity index (χ0) is 22.7. The van der Waals surface area contributed by atoms with Crippen molar-refractivity contribution in [3.63, 3.8) is 0 Å². The molecule has 5 atom stereocenters. The molecule has 164 valence electrons. The highest BCUT2D eigenvalue weighted by Gasteiger charge is 2.78. The van der Waals surface area contributed by atoms with Crippen molar-refractivity contribution >= 4 is 17.6 Å². The number of carboxylic acid groups (broad SMARTS) is 1. The van der Waals surface area contributed by atoms with E-state index in [1.54, 1.807) is 48.5 Å². The van der Waals surface area contributed by atoms with Gasteiger partial charge in [0.05, 0.1) is 18.1 Å². The number of aliphatic carboxylic acids is 1. The highest BCUT2D eigenvalue weighted by atomic mass is 35.5. The van der Waals surface area contributed by atoms with Gasteiger partial charge in [-0.15, -0.1) is 0 Å². The first kappa shape index (κ1) is 20.8. The van der Waals surface area contributed by atoms with E-state index < -0.39 is 35.1 Å². The first-order chi connectivity index (χ1) is 15.3. The highest BCUT2D eigenvalue weighted by molar-refractivity contribution is 6.30. The summed E-state index contributed by atoms with van der Waals surface area (Å²) in [5.41, 5.74) is -2.69. The molecule has 0 radical (unpaired) electrons. The van der Waals surface area contributed by atoms with E-state index in [1.807, 2.05) is 6.07 Å². The van der Waals surface area contributed by atoms with Crippen LogP contribution in [0, 0.1) is 5.92 Å². The lowest BCUT2D eigenvalue weighted by molar-refractivity contribution is -0.160. The summed E-state index contributed by atoms with van der Waals surface area (Å²) in [6, 6.07) is 17.2. The van der Waals surface area contributed by atoms with Gasteiger partial charge in [-0.1, -0.05) is 54.1 Å². The Labute approximate surface area is 188 Å². The fraction of sp³-hybridized carbons (Fsp3) is 0.250. The molecule has 3 N–H and O–H groups in total. The third-order valence-electron chi connectivity index (χ3n) is 6.55. The molecule has 0 saturated heterocycles. The lowest BCUT2D eigenvalue weighted by Gasteiger charge is -2.40. The predicted molar refractivity (Wildman–Crippen MR) is 115 cm³/mol. The van der Waals surface area contributed by atoms with Crippen molar-refractivity contribution in [1.82, 2.24) is 4.98 Å². The van der Waals surface area contributed by atoms with Crippen molar-refractivity contribution in [2.45, 2.75) is 23.2 Å². The average molecular weight is 454 g/mol. The van der Waals surface area contributed by atoms with E-state index in [0.29, 0.717) is 16.9 Å². The number of methoxy groups -OCH3 is 1. The van der Waals surface area contributed by atoms with Gasteiger partial charge in [-0.25, -0.2) is 0 Å². The van der Waals surface area contributed by atoms with Crippen molar-refractivity contribution in [2.75, 3.05) is 7.11 Å². The number of aromatic nitrogens is 1. The number of fused-ring (bicyclic) bond motifs is 3. The molecule has 1 fully saturated rings. The topological polar surface area (TPSA) is 109 Å². The molecular formula is C24H20ClNO6. The maximum Gasteiger partial charge on any atom is 0.310 e. The summed E-state index contributed by atoms with van der Waals surface area (Å²) < 4.78 is 11.7. The second kappa shape index (κ2) is 7.20. The number of halogens is 1. The lowest BCUT2D eigenvalue weighted by Crippen LogP contribution is -2.52. The zero-order valence-corrected chi connectivity index (χ0v) is 17.7. The highest BCUT2D eigenvalue weighted by Crippen LogP contribution is 2.68. The summed E-state index contributed by atoms with van der Waals surface area (Å²) in [6.07, 6.45) is -0.369. The quantitative estimate of drug-likeness (QED) is 0.557. The Hall–Kier alpha value is -3.13. The molecule has 1 unspecified atom stereocenters. The van der Waals surface area contributed by atoms with Gasteiger partial charge in [-0.3, -0.25) is 9.78 Å². The van der Waals surface area contributed by atoms with Crippen LogP contribution in [0.5, 0.6) is 11.5 Å². The molecule has 2 aromatic carbocycles. The van der Waals surface area contributed by atoms with E-state index in [4.69, 9.17) is 21.1 Å². The first-order valence-corrected chi connectivity index (χ1v) is 10.4. The largest absolute Gasteiger partial charge is 0.497 e. The van der Waals surface area contributed by atoms with Crippen LogP contribution in [-0.4, -0.2) is 39.5 Å². The molecule has 32 heavy (non-hydrogen) atoms. The minimum atomic E-state index is -2.15. The molecule has 3 aromatic rings. The smallest absolute Gasteiger partial charge is 0.310 e. The number of aliphatic hydroxyl groups excluding tert-OH is 1. The van der Waals surface area contributed by atoms with Gasteiger partial charge in [0.2, 0.25) is 0 Å². The van der Waals surface area contributed by atoms with Gasteiger partial charge < -0.3 is 24.8 Å². The predicted octanol–water partition coefficient (Wildman–Crippen LogP) is 3.08. The van der Waals surface area contributed by atoms with Crippen molar-refractivity contribution < 1.29 is 29.6 Å². The number of benzene rings is 2. The van der Waals surface area contributed by atoms with Crippen LogP contribution in [0.3, 0.4) is 0 Å². The first-order valence-electron chi connectivity index (χ1n) is 10.0. The summed E-state index contributed by atoms with van der Waals surface area (Å²) in [5, 5.41) is 33.9. The second-order valence-corrected chi connectivity index (χ2v) is 8.47. The van der Waals surface area contributed by atoms with Crippen LogP contribution in [0.1, 0.15) is 22.7 Å². The molecule has 1 aromatic heterocycles. The maximum absolute atomic E-state index is 12.4. The van der Waals surface area contributed by atoms with Crippen molar-refractivity contribution in [3.05, 3.63) is 88.7 Å². The molecule has 5 rings (SSSR count). The molecule has 2 heterocycles. The number of carboxylic acids is 1. The van der Waals surface area contributed by atoms with Gasteiger partial charge in [0, 0.05) is 18.2 Å². The Kier molecular flexibility index (Phi) is 4.67. The minimum Gasteiger partial charge on any atom is -0.497 e. The molecule has 2 aliphatic rings. The van der Waals surface area contributed by atoms with Gasteiger partial charge in [0.25, 0.3) is 0 Å². The SMILES string of the molecule is COc1ccc([C@@]23Oc4cc(Cl)cnc4C2(O)[C@H](O)[C@H](C(=O)O)[C@H]3c2ccccc2)cc1. The number of pyridine rings is 1. The Balaban J connectivity index is 1.85. The Morgan fingerprint density at radius 3 is 2.47 bits per heavy atom. The van der Waals surface area contributed by atoms with E-state index in [2.05, 4.69) is 4.98 Å². The summed E-state index contributed by atoms with van der Waals surface area (Å²) in [6.45, 7) is 0. The van der Waals surface area contributed by atoms with Crippen LogP contribution in [0.2, 0.25) is 5.02 Å². The molecule has 0 bridgehead atoms. The Bertz CT molecular complexity index is 1190. The fourth-order valence-electron chi connectivity index (χ4n) is 5.24. The standard InChI is InChI=1S/C24H20ClNO6/c1-31-16-9-7-14(8-10-16)24-19(13-5-3-2-4-6-13)18(22(28)29)21(27)23(24,30)20-17(32-24)11-15(25)12-26-20/h2-12,18-19,21,27,30H,1H3,(H,28,29)/t18-,19-,21-,23?,24+/m1/s1. The van der Waals surface area contributed by atoms with E-state index >= 15 is 0 Å². The molecule has 7 nitrogen and oxygen atoms in total. The van der Waals surface area contributed by atoms with Gasteiger partial charge >= 0.3 is 5.97 Å². The number of nitrogens with zero attached hydrogens (tertiary/aromatic N) is 1. The summed E-state index contributed by atoms with van der Waals surface area (Å²) in [4.78, 5) is 16.7. The summed E-state index contributed by atoms with van der Waals surface area (Å²) >= 11 is 6.13. The van der Waals surface area contributed by atoms with E-state index in [1.165, 1.54) is 19.4 Å². The summed E-state index contributed by atoms with van der Waals surface area (Å²) in [7, 11) is 1.53. The van der Waals surface area contributed by atoms with Gasteiger partial charge in [0.15, 0.2) is 11.2 Å². The van der Waals surface area contributed by atoms with E-state index in [0.717, 1.165) is 0 Å². The molecular weight excluding hydrogens is 434 g/mol. The van der Waals surface area contributed by atoms with Crippen LogP contribution in [0.15, 0.2) is 66.9 Å². The monoisotopic (exact) mass is 453 g/mol. The van der Waals surface area contributed by atoms with Crippen molar-refractivity contribution in [1.29, 1.82) is 0 Å². The maximum atomic E-state index is 12.4. The Morgan fingerprint density at radius 1 is 1.16 bits per heavy atom. The summed E-state index contributed by atoms with van der Waals surface area (Å²) in [5.74, 6) is -2.78. The van der Waals surface area contributed by atoms with Crippen molar-refractivity contribution in [3.8, 4) is 11.5 Å². The normalized spacial score (nSPS) is 30.3. The van der Waals surface area contributed by atoms with Crippen LogP contribution < -0.4 is 9.47 Å². The number of hydrogen-bond donors (Lipinski definition) is 3. The van der Waals surface area contributed by atoms with Crippen LogP contribution in [-0.2, 0) is 16.0 Å². The van der Waals surface area contributed by atoms with Gasteiger partial charge in [-0.2, -0.15) is 0 Å². The number of carbonyl (C=O) groups is 1. The molecule has 1 saturated carbocycles. The third-order valence-corrected chi connectivity index (χ3v) is 6.75. The van der Waals surface area contributed by atoms with Gasteiger partial charge in [-0.05, 0) is 23.3 Å². The van der Waals surface area contributed by atoms with Crippen molar-refractivity contribution in [2.24, 2.45) is 5.92 Å². The second-order valence-electron chi connectivity index (χ2n) is 8.03. The number of rotatable bonds is 4. The number of aliphatic hydroxyl groups is 2. The van der Waals surface area contributed by atoms with Crippen LogP contribution in [0.4, 0.5) is 0 Å². The minimum absolute atomic E-state index is 0.0508. The van der Waals surface area contributed by atoms with E-state index in [-0.39, 0.29) is 16.5 Å². The lowest BCUT2D eigenvalue weighted by atomic mass is 9.71. The Morgan fingerprint density at radius 2 is 1.84 bits per heavy atom.